The van der Waals surface area contributed by atoms with Crippen LogP contribution in [0.4, 0.5) is 10.5 Å². The van der Waals surface area contributed by atoms with Crippen LogP contribution in [0.3, 0.4) is 0 Å². The number of nitrogens with one attached hydrogen (secondary N) is 2. The Bertz CT molecular complexity index is 1200. The van der Waals surface area contributed by atoms with Crippen molar-refractivity contribution in [3.8, 4) is 23.1 Å². The molecule has 2 saturated carbocycles. The van der Waals surface area contributed by atoms with Gasteiger partial charge < -0.3 is 19.9 Å². The minimum atomic E-state index is -0.153. The zero-order valence-electron chi connectivity index (χ0n) is 21.1. The van der Waals surface area contributed by atoms with Crippen molar-refractivity contribution in [2.24, 2.45) is 0 Å². The third-order valence-corrected chi connectivity index (χ3v) is 6.94. The fraction of sp³-hybridized carbons (Fsp3) is 0.448. The molecule has 5 rings (SSSR count). The molecule has 2 aromatic carbocycles. The predicted molar refractivity (Wildman–Crippen MR) is 142 cm³/mol. The Morgan fingerprint density at radius 2 is 1.77 bits per heavy atom. The van der Waals surface area contributed by atoms with Crippen LogP contribution >= 0.6 is 0 Å². The van der Waals surface area contributed by atoms with E-state index in [-0.39, 0.29) is 12.1 Å². The Balaban J connectivity index is 0.00000141. The summed E-state index contributed by atoms with van der Waals surface area (Å²) in [7, 11) is 0. The minimum absolute atomic E-state index is 0.153. The number of rotatable bonds is 6. The van der Waals surface area contributed by atoms with Gasteiger partial charge in [-0.05, 0) is 74.9 Å². The summed E-state index contributed by atoms with van der Waals surface area (Å²) in [5, 5.41) is 17.1. The number of nitrogens with zero attached hydrogens (tertiary/aromatic N) is 2. The fourth-order valence-electron chi connectivity index (χ4n) is 5.11. The molecule has 0 saturated heterocycles. The van der Waals surface area contributed by atoms with Crippen molar-refractivity contribution in [2.75, 3.05) is 11.9 Å². The van der Waals surface area contributed by atoms with Crippen molar-refractivity contribution >= 4 is 22.6 Å². The van der Waals surface area contributed by atoms with Gasteiger partial charge in [0.15, 0.2) is 0 Å². The minimum Gasteiger partial charge on any atom is -0.494 e. The van der Waals surface area contributed by atoms with Gasteiger partial charge in [0, 0.05) is 23.2 Å². The Morgan fingerprint density at radius 1 is 1.06 bits per heavy atom. The number of carbonyl (C=O) groups is 1. The fourth-order valence-corrected chi connectivity index (χ4v) is 5.11. The number of fused-ring (bicyclic) bond motifs is 1. The topological polar surface area (TPSA) is 79.1 Å². The van der Waals surface area contributed by atoms with Gasteiger partial charge in [0.1, 0.15) is 11.8 Å². The molecular weight excluding hydrogens is 436 g/mol. The summed E-state index contributed by atoms with van der Waals surface area (Å²) in [6.45, 7) is 6.55. The molecule has 0 unspecified atom stereocenters. The van der Waals surface area contributed by atoms with E-state index in [2.05, 4.69) is 27.3 Å². The van der Waals surface area contributed by atoms with Gasteiger partial charge in [-0.15, -0.1) is 0 Å². The van der Waals surface area contributed by atoms with Gasteiger partial charge in [-0.25, -0.2) is 4.79 Å². The van der Waals surface area contributed by atoms with Crippen LogP contribution in [0.5, 0.6) is 5.75 Å². The summed E-state index contributed by atoms with van der Waals surface area (Å²) >= 11 is 0. The van der Waals surface area contributed by atoms with Gasteiger partial charge in [-0.1, -0.05) is 38.8 Å². The monoisotopic (exact) mass is 472 g/mol. The van der Waals surface area contributed by atoms with Crippen LogP contribution in [0.15, 0.2) is 42.5 Å². The third kappa shape index (κ3) is 5.14. The molecule has 0 aliphatic heterocycles. The molecule has 0 spiro atoms. The van der Waals surface area contributed by atoms with Crippen molar-refractivity contribution in [3.05, 3.63) is 48.0 Å². The first kappa shape index (κ1) is 24.7. The number of urea groups is 1. The highest BCUT2D eigenvalue weighted by molar-refractivity contribution is 5.96. The van der Waals surface area contributed by atoms with Crippen LogP contribution in [0.25, 0.3) is 22.2 Å². The van der Waals surface area contributed by atoms with Crippen molar-refractivity contribution in [3.63, 3.8) is 0 Å². The molecule has 1 heterocycles. The highest BCUT2D eigenvalue weighted by Gasteiger charge is 2.28. The lowest BCUT2D eigenvalue weighted by atomic mass is 9.92. The smallest absolute Gasteiger partial charge is 0.319 e. The summed E-state index contributed by atoms with van der Waals surface area (Å²) in [5.74, 6) is 0.784. The van der Waals surface area contributed by atoms with E-state index in [1.807, 2.05) is 57.2 Å². The maximum atomic E-state index is 12.3. The molecule has 2 amide bonds. The first-order chi connectivity index (χ1) is 17.2. The van der Waals surface area contributed by atoms with Gasteiger partial charge in [0.25, 0.3) is 0 Å². The van der Waals surface area contributed by atoms with Crippen molar-refractivity contribution in [1.29, 1.82) is 5.26 Å². The Kier molecular flexibility index (Phi) is 7.97. The molecule has 2 fully saturated rings. The lowest BCUT2D eigenvalue weighted by molar-refractivity contribution is 0.248. The zero-order chi connectivity index (χ0) is 24.8. The molecule has 35 heavy (non-hydrogen) atoms. The molecule has 2 N–H and O–H groups in total. The number of benzene rings is 2. The predicted octanol–water partition coefficient (Wildman–Crippen LogP) is 7.39. The number of carbonyl (C=O) groups excluding carboxylic acids is 1. The average molecular weight is 473 g/mol. The third-order valence-electron chi connectivity index (χ3n) is 6.94. The van der Waals surface area contributed by atoms with Crippen LogP contribution in [0.2, 0.25) is 0 Å². The van der Waals surface area contributed by atoms with E-state index in [0.29, 0.717) is 18.2 Å². The maximum Gasteiger partial charge on any atom is 0.319 e. The van der Waals surface area contributed by atoms with E-state index in [1.54, 1.807) is 0 Å². The van der Waals surface area contributed by atoms with Crippen LogP contribution < -0.4 is 15.4 Å². The number of hydrogen-bond donors (Lipinski definition) is 2. The summed E-state index contributed by atoms with van der Waals surface area (Å²) in [4.78, 5) is 12.3. The number of amides is 2. The second kappa shape index (κ2) is 11.3. The second-order valence-corrected chi connectivity index (χ2v) is 9.06. The van der Waals surface area contributed by atoms with Gasteiger partial charge in [-0.2, -0.15) is 5.26 Å². The lowest BCUT2D eigenvalue weighted by Gasteiger charge is -2.30. The number of anilines is 1. The highest BCUT2D eigenvalue weighted by Crippen LogP contribution is 2.43. The van der Waals surface area contributed by atoms with Crippen LogP contribution in [0.1, 0.15) is 77.3 Å². The van der Waals surface area contributed by atoms with Crippen LogP contribution in [0, 0.1) is 11.3 Å². The summed E-state index contributed by atoms with van der Waals surface area (Å²) in [6, 6.07) is 16.9. The Morgan fingerprint density at radius 3 is 2.37 bits per heavy atom. The number of aromatic nitrogens is 1. The molecule has 0 radical (unpaired) electrons. The van der Waals surface area contributed by atoms with Crippen molar-refractivity contribution < 1.29 is 9.53 Å². The molecule has 0 bridgehead atoms. The molecule has 3 aromatic rings. The van der Waals surface area contributed by atoms with Gasteiger partial charge in [0.2, 0.25) is 0 Å². The van der Waals surface area contributed by atoms with Crippen molar-refractivity contribution in [1.82, 2.24) is 9.88 Å². The van der Waals surface area contributed by atoms with E-state index in [0.717, 1.165) is 59.3 Å². The normalized spacial score (nSPS) is 15.6. The number of ether oxygens (including phenoxy) is 1. The van der Waals surface area contributed by atoms with Crippen LogP contribution in [-0.4, -0.2) is 23.2 Å². The van der Waals surface area contributed by atoms with E-state index in [1.165, 1.54) is 19.3 Å². The van der Waals surface area contributed by atoms with E-state index in [9.17, 15) is 10.1 Å². The van der Waals surface area contributed by atoms with Gasteiger partial charge in [0.05, 0.1) is 23.4 Å². The molecule has 1 aromatic heterocycles. The van der Waals surface area contributed by atoms with E-state index >= 15 is 0 Å². The van der Waals surface area contributed by atoms with Crippen molar-refractivity contribution in [2.45, 2.75) is 77.8 Å². The summed E-state index contributed by atoms with van der Waals surface area (Å²) < 4.78 is 8.04. The van der Waals surface area contributed by atoms with Gasteiger partial charge >= 0.3 is 6.03 Å². The molecule has 2 aliphatic rings. The summed E-state index contributed by atoms with van der Waals surface area (Å²) in [6.07, 6.45) is 7.93. The molecule has 2 aliphatic carbocycles. The second-order valence-electron chi connectivity index (χ2n) is 9.06. The Labute approximate surface area is 208 Å². The quantitative estimate of drug-likeness (QED) is 0.392. The lowest BCUT2D eigenvalue weighted by Crippen LogP contribution is -2.36. The molecule has 0 atom stereocenters. The molecule has 6 heteroatoms. The SMILES string of the molecule is CC.CCOc1ccc2c(c1)c(C#N)c(-c1ccc(NC(=O)NC3CCCC3)cc1)n2C1CCC1. The number of hydrogen-bond acceptors (Lipinski definition) is 3. The first-order valence-corrected chi connectivity index (χ1v) is 13.1. The standard InChI is InChI=1S/C27H30N4O2.C2H6/c1-2-33-22-14-15-25-23(16-22)24(17-28)26(31(25)21-8-5-9-21)18-10-12-20(13-11-18)30-27(32)29-19-6-3-4-7-19;1-2/h10-16,19,21H,2-9H2,1H3,(H2,29,30,32);1-2H3. The average Bonchev–Trinajstić information content (AvgIpc) is 3.46. The Hall–Kier alpha value is -3.46. The van der Waals surface area contributed by atoms with E-state index in [4.69, 9.17) is 4.74 Å². The summed E-state index contributed by atoms with van der Waals surface area (Å²) in [5.41, 5.74) is 4.44. The maximum absolute atomic E-state index is 12.3. The number of nitriles is 1. The van der Waals surface area contributed by atoms with Gasteiger partial charge in [-0.3, -0.25) is 0 Å². The highest BCUT2D eigenvalue weighted by atomic mass is 16.5. The molecule has 6 nitrogen and oxygen atoms in total. The van der Waals surface area contributed by atoms with E-state index < -0.39 is 0 Å². The first-order valence-electron chi connectivity index (χ1n) is 13.1. The molecular formula is C29H36N4O2. The molecule has 184 valence electrons. The largest absolute Gasteiger partial charge is 0.494 e. The zero-order valence-corrected chi connectivity index (χ0v) is 21.1. The van der Waals surface area contributed by atoms with Crippen LogP contribution in [-0.2, 0) is 0 Å².